The number of aromatic hydroxyl groups is 1. The second-order valence-electron chi connectivity index (χ2n) is 6.37. The second-order valence-corrected chi connectivity index (χ2v) is 6.37. The first-order chi connectivity index (χ1) is 11.2. The Morgan fingerprint density at radius 3 is 2.35 bits per heavy atom. The fraction of sp³-hybridized carbons (Fsp3) is 0.632. The molecule has 0 bridgehead atoms. The lowest BCUT2D eigenvalue weighted by molar-refractivity contribution is -0.131. The van der Waals surface area contributed by atoms with E-state index in [2.05, 4.69) is 11.8 Å². The zero-order chi connectivity index (χ0) is 16.5. The zero-order valence-corrected chi connectivity index (χ0v) is 14.3. The lowest BCUT2D eigenvalue weighted by Gasteiger charge is -2.36. The Balaban J connectivity index is 1.68. The average molecular weight is 318 g/mol. The summed E-state index contributed by atoms with van der Waals surface area (Å²) in [6.07, 6.45) is 7.99. The van der Waals surface area contributed by atoms with Gasteiger partial charge in [0.05, 0.1) is 5.69 Å². The van der Waals surface area contributed by atoms with Gasteiger partial charge in [0.2, 0.25) is 5.91 Å². The normalized spacial score (nSPS) is 15.0. The molecule has 1 heterocycles. The molecule has 128 valence electrons. The number of phenolic OH excluding ortho intramolecular Hbond substituents is 1. The first kappa shape index (κ1) is 17.6. The third kappa shape index (κ3) is 5.45. The van der Waals surface area contributed by atoms with Crippen molar-refractivity contribution in [3.8, 4) is 5.75 Å². The third-order valence-corrected chi connectivity index (χ3v) is 4.60. The summed E-state index contributed by atoms with van der Waals surface area (Å²) in [6, 6.07) is 7.42. The molecule has 0 atom stereocenters. The maximum absolute atomic E-state index is 12.3. The minimum atomic E-state index is 0.289. The minimum absolute atomic E-state index is 0.289. The SMILES string of the molecule is CCCCCCCCC(=O)N1CCN(c2ccccc2O)CC1. The van der Waals surface area contributed by atoms with Gasteiger partial charge in [0, 0.05) is 32.6 Å². The van der Waals surface area contributed by atoms with Crippen LogP contribution in [0.2, 0.25) is 0 Å². The number of hydrogen-bond acceptors (Lipinski definition) is 3. The molecule has 0 aliphatic carbocycles. The summed E-state index contributed by atoms with van der Waals surface area (Å²) in [7, 11) is 0. The summed E-state index contributed by atoms with van der Waals surface area (Å²) in [5, 5.41) is 9.92. The van der Waals surface area contributed by atoms with Gasteiger partial charge in [-0.05, 0) is 18.6 Å². The molecule has 1 amide bonds. The zero-order valence-electron chi connectivity index (χ0n) is 14.3. The molecule has 1 aromatic rings. The van der Waals surface area contributed by atoms with Crippen LogP contribution in [0.3, 0.4) is 0 Å². The van der Waals surface area contributed by atoms with Crippen LogP contribution in [0.15, 0.2) is 24.3 Å². The van der Waals surface area contributed by atoms with Crippen molar-refractivity contribution in [3.63, 3.8) is 0 Å². The Labute approximate surface area is 140 Å². The molecular weight excluding hydrogens is 288 g/mol. The van der Waals surface area contributed by atoms with E-state index in [0.717, 1.165) is 38.3 Å². The number of carbonyl (C=O) groups excluding carboxylic acids is 1. The van der Waals surface area contributed by atoms with Crippen LogP contribution in [0.25, 0.3) is 0 Å². The highest BCUT2D eigenvalue weighted by Gasteiger charge is 2.21. The van der Waals surface area contributed by atoms with E-state index in [1.54, 1.807) is 6.07 Å². The van der Waals surface area contributed by atoms with Crippen LogP contribution >= 0.6 is 0 Å². The number of benzene rings is 1. The number of rotatable bonds is 8. The minimum Gasteiger partial charge on any atom is -0.506 e. The molecule has 1 fully saturated rings. The number of amides is 1. The molecule has 0 aromatic heterocycles. The lowest BCUT2D eigenvalue weighted by Crippen LogP contribution is -2.48. The van der Waals surface area contributed by atoms with Gasteiger partial charge in [-0.3, -0.25) is 4.79 Å². The molecule has 1 aromatic carbocycles. The van der Waals surface area contributed by atoms with Gasteiger partial charge >= 0.3 is 0 Å². The highest BCUT2D eigenvalue weighted by molar-refractivity contribution is 5.76. The second kappa shape index (κ2) is 9.43. The molecule has 0 spiro atoms. The molecule has 1 aliphatic heterocycles. The van der Waals surface area contributed by atoms with Gasteiger partial charge in [-0.25, -0.2) is 0 Å². The number of anilines is 1. The Kier molecular flexibility index (Phi) is 7.24. The third-order valence-electron chi connectivity index (χ3n) is 4.60. The lowest BCUT2D eigenvalue weighted by atomic mass is 10.1. The van der Waals surface area contributed by atoms with Crippen LogP contribution < -0.4 is 4.90 Å². The van der Waals surface area contributed by atoms with E-state index in [1.807, 2.05) is 23.1 Å². The number of para-hydroxylation sites is 2. The average Bonchev–Trinajstić information content (AvgIpc) is 2.58. The molecule has 1 saturated heterocycles. The van der Waals surface area contributed by atoms with Gasteiger partial charge in [-0.15, -0.1) is 0 Å². The van der Waals surface area contributed by atoms with Gasteiger partial charge < -0.3 is 14.9 Å². The maximum atomic E-state index is 12.3. The molecule has 4 heteroatoms. The van der Waals surface area contributed by atoms with E-state index in [4.69, 9.17) is 0 Å². The summed E-state index contributed by atoms with van der Waals surface area (Å²) in [4.78, 5) is 16.4. The van der Waals surface area contributed by atoms with Crippen LogP contribution in [-0.4, -0.2) is 42.1 Å². The van der Waals surface area contributed by atoms with E-state index in [-0.39, 0.29) is 5.91 Å². The standard InChI is InChI=1S/C19H30N2O2/c1-2-3-4-5-6-7-12-19(23)21-15-13-20(14-16-21)17-10-8-9-11-18(17)22/h8-11,22H,2-7,12-16H2,1H3. The van der Waals surface area contributed by atoms with Crippen LogP contribution in [0.1, 0.15) is 51.9 Å². The van der Waals surface area contributed by atoms with Gasteiger partial charge in [-0.1, -0.05) is 51.2 Å². The van der Waals surface area contributed by atoms with E-state index >= 15 is 0 Å². The Morgan fingerprint density at radius 1 is 1.00 bits per heavy atom. The van der Waals surface area contributed by atoms with Crippen molar-refractivity contribution in [2.45, 2.75) is 51.9 Å². The first-order valence-corrected chi connectivity index (χ1v) is 9.03. The summed E-state index contributed by atoms with van der Waals surface area (Å²) in [5.41, 5.74) is 0.871. The van der Waals surface area contributed by atoms with Crippen LogP contribution in [-0.2, 0) is 4.79 Å². The van der Waals surface area contributed by atoms with E-state index < -0.39 is 0 Å². The number of carbonyl (C=O) groups is 1. The fourth-order valence-electron chi connectivity index (χ4n) is 3.14. The van der Waals surface area contributed by atoms with Gasteiger partial charge in [-0.2, -0.15) is 0 Å². The monoisotopic (exact) mass is 318 g/mol. The van der Waals surface area contributed by atoms with Gasteiger partial charge in [0.15, 0.2) is 0 Å². The van der Waals surface area contributed by atoms with E-state index in [1.165, 1.54) is 32.1 Å². The van der Waals surface area contributed by atoms with Crippen molar-refractivity contribution < 1.29 is 9.90 Å². The number of piperazine rings is 1. The van der Waals surface area contributed by atoms with Crippen molar-refractivity contribution >= 4 is 11.6 Å². The van der Waals surface area contributed by atoms with Crippen LogP contribution in [0, 0.1) is 0 Å². The topological polar surface area (TPSA) is 43.8 Å². The van der Waals surface area contributed by atoms with Gasteiger partial charge in [0.25, 0.3) is 0 Å². The molecule has 1 aliphatic rings. The van der Waals surface area contributed by atoms with Gasteiger partial charge in [0.1, 0.15) is 5.75 Å². The summed E-state index contributed by atoms with van der Waals surface area (Å²) in [5.74, 6) is 0.608. The molecule has 23 heavy (non-hydrogen) atoms. The molecule has 0 saturated carbocycles. The smallest absolute Gasteiger partial charge is 0.222 e. The summed E-state index contributed by atoms with van der Waals surface area (Å²) in [6.45, 7) is 5.31. The van der Waals surface area contributed by atoms with Crippen molar-refractivity contribution in [3.05, 3.63) is 24.3 Å². The molecule has 4 nitrogen and oxygen atoms in total. The number of hydrogen-bond donors (Lipinski definition) is 1. The van der Waals surface area contributed by atoms with Crippen molar-refractivity contribution in [2.24, 2.45) is 0 Å². The molecule has 2 rings (SSSR count). The first-order valence-electron chi connectivity index (χ1n) is 9.03. The van der Waals surface area contributed by atoms with Crippen molar-refractivity contribution in [1.29, 1.82) is 0 Å². The summed E-state index contributed by atoms with van der Waals surface area (Å²) >= 11 is 0. The van der Waals surface area contributed by atoms with E-state index in [9.17, 15) is 9.90 Å². The number of phenols is 1. The molecule has 1 N–H and O–H groups in total. The van der Waals surface area contributed by atoms with Crippen molar-refractivity contribution in [1.82, 2.24) is 4.90 Å². The number of nitrogens with zero attached hydrogens (tertiary/aromatic N) is 2. The predicted octanol–water partition coefficient (Wildman–Crippen LogP) is 3.79. The largest absolute Gasteiger partial charge is 0.506 e. The fourth-order valence-corrected chi connectivity index (χ4v) is 3.14. The molecule has 0 radical (unpaired) electrons. The van der Waals surface area contributed by atoms with Crippen LogP contribution in [0.4, 0.5) is 5.69 Å². The Hall–Kier alpha value is -1.71. The maximum Gasteiger partial charge on any atom is 0.222 e. The van der Waals surface area contributed by atoms with Crippen LogP contribution in [0.5, 0.6) is 5.75 Å². The van der Waals surface area contributed by atoms with Crippen molar-refractivity contribution in [2.75, 3.05) is 31.1 Å². The van der Waals surface area contributed by atoms with E-state index in [0.29, 0.717) is 12.2 Å². The molecular formula is C19H30N2O2. The quantitative estimate of drug-likeness (QED) is 0.742. The Bertz CT molecular complexity index is 482. The Morgan fingerprint density at radius 2 is 1.65 bits per heavy atom. The number of unbranched alkanes of at least 4 members (excludes halogenated alkanes) is 5. The highest BCUT2D eigenvalue weighted by Crippen LogP contribution is 2.27. The molecule has 0 unspecified atom stereocenters. The summed E-state index contributed by atoms with van der Waals surface area (Å²) < 4.78 is 0. The predicted molar refractivity (Wildman–Crippen MR) is 94.9 cm³/mol. The highest BCUT2D eigenvalue weighted by atomic mass is 16.3.